The number of amides is 2. The molecule has 0 spiro atoms. The number of hydrogen-bond acceptors (Lipinski definition) is 4. The number of likely N-dealkylation sites (tertiary alicyclic amines) is 1. The molecule has 6 heteroatoms. The average Bonchev–Trinajstić information content (AvgIpc) is 2.83. The van der Waals surface area contributed by atoms with Crippen LogP contribution >= 0.6 is 11.3 Å². The Balaban J connectivity index is 1.95. The molecule has 1 aliphatic heterocycles. The predicted octanol–water partition coefficient (Wildman–Crippen LogP) is 2.59. The summed E-state index contributed by atoms with van der Waals surface area (Å²) in [5.74, 6) is -0.200. The minimum atomic E-state index is -0.155. The minimum Gasteiger partial charge on any atom is -0.338 e. The van der Waals surface area contributed by atoms with Gasteiger partial charge in [0.1, 0.15) is 0 Å². The number of carbonyl (C=O) groups is 2. The zero-order valence-corrected chi connectivity index (χ0v) is 13.5. The number of nitrogens with zero attached hydrogens (tertiary/aromatic N) is 2. The number of thiazole rings is 1. The van der Waals surface area contributed by atoms with Crippen LogP contribution in [0.4, 0.5) is 5.13 Å². The summed E-state index contributed by atoms with van der Waals surface area (Å²) in [5.41, 5.74) is 1.88. The van der Waals surface area contributed by atoms with E-state index in [9.17, 15) is 9.59 Å². The Bertz CT molecular complexity index is 561. The molecule has 1 aromatic rings. The normalized spacial score (nSPS) is 18.2. The molecule has 1 aliphatic rings. The third-order valence-corrected chi connectivity index (χ3v) is 4.24. The third kappa shape index (κ3) is 4.39. The molecule has 1 saturated heterocycles. The lowest BCUT2D eigenvalue weighted by atomic mass is 9.97. The first-order chi connectivity index (χ1) is 9.95. The number of anilines is 1. The van der Waals surface area contributed by atoms with Crippen LogP contribution in [-0.2, 0) is 9.59 Å². The molecule has 2 heterocycles. The second-order valence-corrected chi connectivity index (χ2v) is 6.49. The Kier molecular flexibility index (Phi) is 5.12. The van der Waals surface area contributed by atoms with Crippen LogP contribution in [0.3, 0.4) is 0 Å². The van der Waals surface area contributed by atoms with E-state index in [1.807, 2.05) is 26.2 Å². The molecule has 0 bridgehead atoms. The lowest BCUT2D eigenvalue weighted by molar-refractivity contribution is -0.130. The van der Waals surface area contributed by atoms with E-state index < -0.39 is 0 Å². The topological polar surface area (TPSA) is 62.3 Å². The smallest absolute Gasteiger partial charge is 0.246 e. The molecule has 1 N–H and O–H groups in total. The van der Waals surface area contributed by atoms with Crippen molar-refractivity contribution in [3.05, 3.63) is 22.7 Å². The van der Waals surface area contributed by atoms with Crippen molar-refractivity contribution in [3.8, 4) is 0 Å². The number of rotatable bonds is 3. The first kappa shape index (κ1) is 15.7. The SMILES string of the molecule is CC(C)=CC(=O)N1CCCC(C(=O)Nc2nc(C)cs2)C1. The maximum absolute atomic E-state index is 12.3. The summed E-state index contributed by atoms with van der Waals surface area (Å²) in [5, 5.41) is 5.38. The number of nitrogens with one attached hydrogen (secondary N) is 1. The minimum absolute atomic E-state index is 0.00223. The second-order valence-electron chi connectivity index (χ2n) is 5.63. The standard InChI is InChI=1S/C15H21N3O2S/c1-10(2)7-13(19)18-6-4-5-12(8-18)14(20)17-15-16-11(3)9-21-15/h7,9,12H,4-6,8H2,1-3H3,(H,16,17,20). The predicted molar refractivity (Wildman–Crippen MR) is 84.2 cm³/mol. The number of hydrogen-bond donors (Lipinski definition) is 1. The Labute approximate surface area is 129 Å². The van der Waals surface area contributed by atoms with Crippen LogP contribution in [0, 0.1) is 12.8 Å². The quantitative estimate of drug-likeness (QED) is 0.873. The van der Waals surface area contributed by atoms with Crippen molar-refractivity contribution in [2.24, 2.45) is 5.92 Å². The van der Waals surface area contributed by atoms with Crippen molar-refractivity contribution in [3.63, 3.8) is 0 Å². The largest absolute Gasteiger partial charge is 0.338 e. The van der Waals surface area contributed by atoms with Crippen molar-refractivity contribution < 1.29 is 9.59 Å². The molecule has 5 nitrogen and oxygen atoms in total. The average molecular weight is 307 g/mol. The summed E-state index contributed by atoms with van der Waals surface area (Å²) in [7, 11) is 0. The van der Waals surface area contributed by atoms with Crippen molar-refractivity contribution in [2.45, 2.75) is 33.6 Å². The van der Waals surface area contributed by atoms with Crippen molar-refractivity contribution in [1.29, 1.82) is 0 Å². The van der Waals surface area contributed by atoms with Crippen LogP contribution in [0.5, 0.6) is 0 Å². The zero-order chi connectivity index (χ0) is 15.4. The molecule has 1 atom stereocenters. The van der Waals surface area contributed by atoms with Gasteiger partial charge in [-0.15, -0.1) is 11.3 Å². The van der Waals surface area contributed by atoms with E-state index in [0.29, 0.717) is 11.7 Å². The van der Waals surface area contributed by atoms with Gasteiger partial charge in [0.05, 0.1) is 11.6 Å². The van der Waals surface area contributed by atoms with Gasteiger partial charge in [0.15, 0.2) is 5.13 Å². The highest BCUT2D eigenvalue weighted by Gasteiger charge is 2.28. The van der Waals surface area contributed by atoms with Crippen LogP contribution in [0.2, 0.25) is 0 Å². The lowest BCUT2D eigenvalue weighted by Gasteiger charge is -2.31. The lowest BCUT2D eigenvalue weighted by Crippen LogP contribution is -2.43. The molecule has 0 aromatic carbocycles. The fourth-order valence-electron chi connectivity index (χ4n) is 2.35. The maximum atomic E-state index is 12.3. The fourth-order valence-corrected chi connectivity index (χ4v) is 3.04. The molecular formula is C15H21N3O2S. The number of aromatic nitrogens is 1. The second kappa shape index (κ2) is 6.85. The molecular weight excluding hydrogens is 286 g/mol. The molecule has 1 aromatic heterocycles. The van der Waals surface area contributed by atoms with Gasteiger partial charge in [0, 0.05) is 24.5 Å². The van der Waals surface area contributed by atoms with Crippen LogP contribution < -0.4 is 5.32 Å². The van der Waals surface area contributed by atoms with E-state index in [1.165, 1.54) is 11.3 Å². The van der Waals surface area contributed by atoms with Crippen LogP contribution in [0.15, 0.2) is 17.0 Å². The summed E-state index contributed by atoms with van der Waals surface area (Å²) in [6, 6.07) is 0. The summed E-state index contributed by atoms with van der Waals surface area (Å²) in [6.07, 6.45) is 3.30. The zero-order valence-electron chi connectivity index (χ0n) is 12.7. The van der Waals surface area contributed by atoms with Gasteiger partial charge in [0.2, 0.25) is 11.8 Å². The van der Waals surface area contributed by atoms with Crippen LogP contribution in [0.1, 0.15) is 32.4 Å². The van der Waals surface area contributed by atoms with E-state index in [-0.39, 0.29) is 17.7 Å². The molecule has 0 radical (unpaired) electrons. The monoisotopic (exact) mass is 307 g/mol. The summed E-state index contributed by atoms with van der Waals surface area (Å²) >= 11 is 1.42. The third-order valence-electron chi connectivity index (χ3n) is 3.37. The number of piperidine rings is 1. The molecule has 2 rings (SSSR count). The van der Waals surface area contributed by atoms with Crippen molar-refractivity contribution >= 4 is 28.3 Å². The Morgan fingerprint density at radius 3 is 2.86 bits per heavy atom. The number of carbonyl (C=O) groups excluding carboxylic acids is 2. The fraction of sp³-hybridized carbons (Fsp3) is 0.533. The summed E-state index contributed by atoms with van der Waals surface area (Å²) in [6.45, 7) is 6.90. The Morgan fingerprint density at radius 2 is 2.24 bits per heavy atom. The highest BCUT2D eigenvalue weighted by atomic mass is 32.1. The van der Waals surface area contributed by atoms with Crippen LogP contribution in [-0.4, -0.2) is 34.8 Å². The highest BCUT2D eigenvalue weighted by Crippen LogP contribution is 2.21. The Hall–Kier alpha value is -1.69. The van der Waals surface area contributed by atoms with Gasteiger partial charge in [-0.25, -0.2) is 4.98 Å². The van der Waals surface area contributed by atoms with Crippen LogP contribution in [0.25, 0.3) is 0 Å². The van der Waals surface area contributed by atoms with E-state index in [4.69, 9.17) is 0 Å². The molecule has 1 unspecified atom stereocenters. The van der Waals surface area contributed by atoms with Gasteiger partial charge in [-0.05, 0) is 33.6 Å². The molecule has 2 amide bonds. The Morgan fingerprint density at radius 1 is 1.48 bits per heavy atom. The van der Waals surface area contributed by atoms with Gasteiger partial charge in [-0.2, -0.15) is 0 Å². The van der Waals surface area contributed by atoms with Crippen molar-refractivity contribution in [1.82, 2.24) is 9.88 Å². The molecule has 0 aliphatic carbocycles. The van der Waals surface area contributed by atoms with Gasteiger partial charge in [-0.3, -0.25) is 9.59 Å². The van der Waals surface area contributed by atoms with Crippen molar-refractivity contribution in [2.75, 3.05) is 18.4 Å². The van der Waals surface area contributed by atoms with E-state index in [0.717, 1.165) is 30.7 Å². The van der Waals surface area contributed by atoms with Gasteiger partial charge in [0.25, 0.3) is 0 Å². The number of allylic oxidation sites excluding steroid dienone is 1. The van der Waals surface area contributed by atoms with E-state index in [2.05, 4.69) is 10.3 Å². The highest BCUT2D eigenvalue weighted by molar-refractivity contribution is 7.13. The molecule has 1 fully saturated rings. The molecule has 0 saturated carbocycles. The summed E-state index contributed by atoms with van der Waals surface area (Å²) in [4.78, 5) is 30.3. The van der Waals surface area contributed by atoms with E-state index >= 15 is 0 Å². The molecule has 21 heavy (non-hydrogen) atoms. The number of aryl methyl sites for hydroxylation is 1. The maximum Gasteiger partial charge on any atom is 0.246 e. The van der Waals surface area contributed by atoms with Gasteiger partial charge < -0.3 is 10.2 Å². The van der Waals surface area contributed by atoms with Gasteiger partial charge >= 0.3 is 0 Å². The first-order valence-electron chi connectivity index (χ1n) is 7.12. The first-order valence-corrected chi connectivity index (χ1v) is 8.00. The van der Waals surface area contributed by atoms with E-state index in [1.54, 1.807) is 11.0 Å². The molecule has 114 valence electrons. The van der Waals surface area contributed by atoms with Gasteiger partial charge in [-0.1, -0.05) is 5.57 Å². The summed E-state index contributed by atoms with van der Waals surface area (Å²) < 4.78 is 0.